The molecule has 19 heavy (non-hydrogen) atoms. The SMILES string of the molecule is C=C1N[C@H]2CC[C@@H](c3nnc(C4CC(N)C4)o3)N1C2. The summed E-state index contributed by atoms with van der Waals surface area (Å²) < 4.78 is 5.89. The molecular formula is C13H19N5O. The van der Waals surface area contributed by atoms with Gasteiger partial charge in [-0.3, -0.25) is 0 Å². The number of hydrogen-bond acceptors (Lipinski definition) is 6. The predicted molar refractivity (Wildman–Crippen MR) is 69.0 cm³/mol. The summed E-state index contributed by atoms with van der Waals surface area (Å²) in [6.45, 7) is 5.06. The van der Waals surface area contributed by atoms with E-state index in [1.807, 2.05) is 0 Å². The maximum atomic E-state index is 5.89. The summed E-state index contributed by atoms with van der Waals surface area (Å²) in [5.41, 5.74) is 5.81. The van der Waals surface area contributed by atoms with Gasteiger partial charge >= 0.3 is 0 Å². The summed E-state index contributed by atoms with van der Waals surface area (Å²) in [6.07, 6.45) is 4.10. The number of hydrogen-bond donors (Lipinski definition) is 2. The van der Waals surface area contributed by atoms with Crippen LogP contribution in [0.5, 0.6) is 0 Å². The van der Waals surface area contributed by atoms with Gasteiger partial charge in [0.15, 0.2) is 0 Å². The van der Waals surface area contributed by atoms with Crippen LogP contribution in [0.2, 0.25) is 0 Å². The van der Waals surface area contributed by atoms with Crippen molar-refractivity contribution >= 4 is 0 Å². The van der Waals surface area contributed by atoms with E-state index < -0.39 is 0 Å². The second kappa shape index (κ2) is 3.96. The first-order chi connectivity index (χ1) is 9.20. The van der Waals surface area contributed by atoms with Crippen LogP contribution in [0, 0.1) is 0 Å². The molecule has 0 radical (unpaired) electrons. The average molecular weight is 261 g/mol. The van der Waals surface area contributed by atoms with Crippen molar-refractivity contribution in [2.45, 2.75) is 49.7 Å². The standard InChI is InChI=1S/C13H19N5O/c1-7-15-10-2-3-11(18(7)6-10)13-17-16-12(19-13)8-4-9(14)5-8/h8-11,15H,1-6,14H2/t8?,9?,10-,11-/m0/s1. The van der Waals surface area contributed by atoms with Crippen molar-refractivity contribution in [3.8, 4) is 0 Å². The lowest BCUT2D eigenvalue weighted by Gasteiger charge is -2.30. The Bertz CT molecular complexity index is 507. The van der Waals surface area contributed by atoms with Crippen LogP contribution in [0.4, 0.5) is 0 Å². The summed E-state index contributed by atoms with van der Waals surface area (Å²) >= 11 is 0. The molecule has 1 aromatic rings. The van der Waals surface area contributed by atoms with E-state index in [1.54, 1.807) is 0 Å². The Morgan fingerprint density at radius 1 is 1.26 bits per heavy atom. The van der Waals surface area contributed by atoms with Crippen molar-refractivity contribution in [2.24, 2.45) is 5.73 Å². The van der Waals surface area contributed by atoms with E-state index in [-0.39, 0.29) is 6.04 Å². The van der Waals surface area contributed by atoms with Gasteiger partial charge in [0.2, 0.25) is 11.8 Å². The van der Waals surface area contributed by atoms with Gasteiger partial charge in [0, 0.05) is 24.5 Å². The first-order valence-electron chi connectivity index (χ1n) is 7.01. The summed E-state index contributed by atoms with van der Waals surface area (Å²) in [4.78, 5) is 2.25. The number of fused-ring (bicyclic) bond motifs is 2. The second-order valence-electron chi connectivity index (χ2n) is 5.94. The minimum atomic E-state index is 0.189. The van der Waals surface area contributed by atoms with Gasteiger partial charge in [0.1, 0.15) is 6.04 Å². The summed E-state index contributed by atoms with van der Waals surface area (Å²) in [5, 5.41) is 11.9. The zero-order valence-corrected chi connectivity index (χ0v) is 10.9. The Morgan fingerprint density at radius 2 is 2.05 bits per heavy atom. The van der Waals surface area contributed by atoms with E-state index in [4.69, 9.17) is 10.2 Å². The monoisotopic (exact) mass is 261 g/mol. The molecule has 0 unspecified atom stereocenters. The van der Waals surface area contributed by atoms with E-state index in [2.05, 4.69) is 27.0 Å². The molecule has 3 N–H and O–H groups in total. The highest BCUT2D eigenvalue weighted by Crippen LogP contribution is 2.39. The molecule has 0 aromatic carbocycles. The summed E-state index contributed by atoms with van der Waals surface area (Å²) in [5.74, 6) is 2.85. The lowest BCUT2D eigenvalue weighted by atomic mass is 9.81. The van der Waals surface area contributed by atoms with Gasteiger partial charge in [-0.05, 0) is 25.7 Å². The fraction of sp³-hybridized carbons (Fsp3) is 0.692. The molecule has 3 heterocycles. The number of nitrogens with two attached hydrogens (primary N) is 1. The normalized spacial score (nSPS) is 37.1. The van der Waals surface area contributed by atoms with Crippen LogP contribution in [-0.2, 0) is 0 Å². The van der Waals surface area contributed by atoms with Crippen LogP contribution in [0.1, 0.15) is 49.4 Å². The molecule has 1 saturated carbocycles. The largest absolute Gasteiger partial charge is 0.423 e. The van der Waals surface area contributed by atoms with Crippen LogP contribution in [0.3, 0.4) is 0 Å². The van der Waals surface area contributed by atoms with Crippen LogP contribution >= 0.6 is 0 Å². The third-order valence-electron chi connectivity index (χ3n) is 4.56. The molecule has 3 fully saturated rings. The molecule has 2 bridgehead atoms. The Morgan fingerprint density at radius 3 is 2.84 bits per heavy atom. The molecule has 4 rings (SSSR count). The third-order valence-corrected chi connectivity index (χ3v) is 4.56. The summed E-state index contributed by atoms with van der Waals surface area (Å²) in [6, 6.07) is 1.03. The first-order valence-corrected chi connectivity index (χ1v) is 7.01. The molecule has 102 valence electrons. The zero-order chi connectivity index (χ0) is 13.0. The second-order valence-corrected chi connectivity index (χ2v) is 5.94. The Balaban J connectivity index is 1.54. The first kappa shape index (κ1) is 11.3. The highest BCUT2D eigenvalue weighted by atomic mass is 16.4. The van der Waals surface area contributed by atoms with Crippen molar-refractivity contribution in [1.82, 2.24) is 20.4 Å². The van der Waals surface area contributed by atoms with Gasteiger partial charge in [-0.2, -0.15) is 0 Å². The number of nitrogens with zero attached hydrogens (tertiary/aromatic N) is 3. The van der Waals surface area contributed by atoms with E-state index in [9.17, 15) is 0 Å². The minimum absolute atomic E-state index is 0.189. The third kappa shape index (κ3) is 1.74. The van der Waals surface area contributed by atoms with Crippen molar-refractivity contribution in [3.05, 3.63) is 24.2 Å². The molecule has 6 heteroatoms. The smallest absolute Gasteiger partial charge is 0.238 e. The van der Waals surface area contributed by atoms with Crippen molar-refractivity contribution in [3.63, 3.8) is 0 Å². The van der Waals surface area contributed by atoms with Gasteiger partial charge in [-0.25, -0.2) is 0 Å². The van der Waals surface area contributed by atoms with Crippen molar-refractivity contribution in [2.75, 3.05) is 6.54 Å². The fourth-order valence-corrected chi connectivity index (χ4v) is 3.37. The number of nitrogens with one attached hydrogen (secondary N) is 1. The van der Waals surface area contributed by atoms with Crippen LogP contribution in [0.25, 0.3) is 0 Å². The number of piperidine rings is 1. The quantitative estimate of drug-likeness (QED) is 0.821. The Hall–Kier alpha value is -1.56. The lowest BCUT2D eigenvalue weighted by molar-refractivity contribution is 0.186. The predicted octanol–water partition coefficient (Wildman–Crippen LogP) is 0.854. The average Bonchev–Trinajstić information content (AvgIpc) is 2.93. The van der Waals surface area contributed by atoms with Crippen molar-refractivity contribution < 1.29 is 4.42 Å². The topological polar surface area (TPSA) is 80.2 Å². The molecule has 0 spiro atoms. The molecule has 1 aromatic heterocycles. The van der Waals surface area contributed by atoms with E-state index in [0.717, 1.165) is 49.8 Å². The molecule has 2 atom stereocenters. The van der Waals surface area contributed by atoms with Crippen LogP contribution < -0.4 is 11.1 Å². The Kier molecular flexibility index (Phi) is 2.35. The highest BCUT2D eigenvalue weighted by molar-refractivity contribution is 5.12. The molecule has 6 nitrogen and oxygen atoms in total. The molecule has 3 aliphatic rings. The maximum Gasteiger partial charge on any atom is 0.238 e. The van der Waals surface area contributed by atoms with Gasteiger partial charge in [-0.15, -0.1) is 10.2 Å². The maximum absolute atomic E-state index is 5.89. The highest BCUT2D eigenvalue weighted by Gasteiger charge is 2.39. The molecule has 2 aliphatic heterocycles. The van der Waals surface area contributed by atoms with Gasteiger partial charge < -0.3 is 20.4 Å². The molecular weight excluding hydrogens is 242 g/mol. The molecule has 2 saturated heterocycles. The van der Waals surface area contributed by atoms with Crippen molar-refractivity contribution in [1.29, 1.82) is 0 Å². The van der Waals surface area contributed by atoms with E-state index in [1.165, 1.54) is 0 Å². The molecule has 0 amide bonds. The van der Waals surface area contributed by atoms with Crippen LogP contribution in [-0.4, -0.2) is 33.7 Å². The summed E-state index contributed by atoms with van der Waals surface area (Å²) in [7, 11) is 0. The lowest BCUT2D eigenvalue weighted by Crippen LogP contribution is -2.34. The van der Waals surface area contributed by atoms with Gasteiger partial charge in [-0.1, -0.05) is 6.58 Å². The van der Waals surface area contributed by atoms with Crippen LogP contribution in [0.15, 0.2) is 16.8 Å². The van der Waals surface area contributed by atoms with E-state index >= 15 is 0 Å². The van der Waals surface area contributed by atoms with Gasteiger partial charge in [0.25, 0.3) is 0 Å². The Labute approximate surface area is 112 Å². The number of aromatic nitrogens is 2. The van der Waals surface area contributed by atoms with Gasteiger partial charge in [0.05, 0.1) is 5.82 Å². The number of rotatable bonds is 2. The fourth-order valence-electron chi connectivity index (χ4n) is 3.37. The van der Waals surface area contributed by atoms with E-state index in [0.29, 0.717) is 18.0 Å². The zero-order valence-electron chi connectivity index (χ0n) is 10.9. The molecule has 1 aliphatic carbocycles. The minimum Gasteiger partial charge on any atom is -0.423 e.